The molecule has 1 unspecified atom stereocenters. The predicted octanol–water partition coefficient (Wildman–Crippen LogP) is 2.64. The molecule has 4 heteroatoms. The summed E-state index contributed by atoms with van der Waals surface area (Å²) in [7, 11) is 0. The third-order valence-electron chi connectivity index (χ3n) is 3.58. The third-order valence-corrected chi connectivity index (χ3v) is 4.42. The monoisotopic (exact) mass is 297 g/mol. The summed E-state index contributed by atoms with van der Waals surface area (Å²) in [6.07, 6.45) is 2.37. The van der Waals surface area contributed by atoms with E-state index >= 15 is 0 Å². The maximum Gasteiger partial charge on any atom is 0.231 e. The fourth-order valence-corrected chi connectivity index (χ4v) is 3.37. The highest BCUT2D eigenvalue weighted by Gasteiger charge is 2.24. The van der Waals surface area contributed by atoms with Gasteiger partial charge in [-0.3, -0.25) is 0 Å². The summed E-state index contributed by atoms with van der Waals surface area (Å²) in [5.74, 6) is 2.48. The molecule has 3 rings (SSSR count). The molecule has 1 atom stereocenters. The Labute approximate surface area is 110 Å². The van der Waals surface area contributed by atoms with Crippen LogP contribution in [0.5, 0.6) is 11.5 Å². The minimum absolute atomic E-state index is 0.335. The largest absolute Gasteiger partial charge is 0.454 e. The highest BCUT2D eigenvalue weighted by molar-refractivity contribution is 9.10. The molecule has 1 fully saturated rings. The fourth-order valence-electron chi connectivity index (χ4n) is 2.59. The van der Waals surface area contributed by atoms with Crippen LogP contribution in [0.2, 0.25) is 0 Å². The highest BCUT2D eigenvalue weighted by Crippen LogP contribution is 2.43. The van der Waals surface area contributed by atoms with Crippen LogP contribution in [0.25, 0.3) is 0 Å². The van der Waals surface area contributed by atoms with Gasteiger partial charge >= 0.3 is 0 Å². The molecule has 2 heterocycles. The normalized spacial score (nSPS) is 22.1. The number of ether oxygens (including phenoxy) is 2. The number of nitrogens with one attached hydrogen (secondary N) is 1. The van der Waals surface area contributed by atoms with E-state index in [0.717, 1.165) is 41.4 Å². The third kappa shape index (κ3) is 2.04. The zero-order valence-corrected chi connectivity index (χ0v) is 11.5. The van der Waals surface area contributed by atoms with E-state index < -0.39 is 0 Å². The number of halogens is 1. The Morgan fingerprint density at radius 3 is 3.12 bits per heavy atom. The smallest absolute Gasteiger partial charge is 0.231 e. The lowest BCUT2D eigenvalue weighted by molar-refractivity contribution is 0.173. The van der Waals surface area contributed by atoms with Crippen LogP contribution in [-0.2, 0) is 6.42 Å². The van der Waals surface area contributed by atoms with Crippen LogP contribution in [0.4, 0.5) is 0 Å². The van der Waals surface area contributed by atoms with Crippen LogP contribution >= 0.6 is 15.9 Å². The molecule has 0 amide bonds. The Balaban J connectivity index is 1.92. The maximum atomic E-state index is 5.50. The highest BCUT2D eigenvalue weighted by atomic mass is 79.9. The topological polar surface area (TPSA) is 30.5 Å². The lowest BCUT2D eigenvalue weighted by Crippen LogP contribution is -2.11. The molecule has 92 valence electrons. The van der Waals surface area contributed by atoms with E-state index in [1.54, 1.807) is 0 Å². The van der Waals surface area contributed by atoms with Crippen molar-refractivity contribution in [3.63, 3.8) is 0 Å². The Bertz CT molecular complexity index is 442. The summed E-state index contributed by atoms with van der Waals surface area (Å²) in [5.41, 5.74) is 2.65. The number of benzene rings is 1. The van der Waals surface area contributed by atoms with E-state index in [9.17, 15) is 0 Å². The minimum Gasteiger partial charge on any atom is -0.454 e. The predicted molar refractivity (Wildman–Crippen MR) is 69.7 cm³/mol. The lowest BCUT2D eigenvalue weighted by Gasteiger charge is -2.14. The standard InChI is InChI=1S/C13H16BrNO2/c1-8-4-11-13(17-7-16-11)12(14)10(8)5-9-2-3-15-6-9/h4,9,15H,2-3,5-7H2,1H3. The van der Waals surface area contributed by atoms with Crippen molar-refractivity contribution in [3.8, 4) is 11.5 Å². The first-order valence-electron chi connectivity index (χ1n) is 6.04. The molecule has 1 aromatic carbocycles. The van der Waals surface area contributed by atoms with Gasteiger partial charge in [-0.15, -0.1) is 0 Å². The second kappa shape index (κ2) is 4.50. The van der Waals surface area contributed by atoms with Crippen molar-refractivity contribution in [1.82, 2.24) is 5.32 Å². The van der Waals surface area contributed by atoms with Gasteiger partial charge in [-0.05, 0) is 71.9 Å². The molecule has 1 saturated heterocycles. The number of hydrogen-bond donors (Lipinski definition) is 1. The van der Waals surface area contributed by atoms with Gasteiger partial charge < -0.3 is 14.8 Å². The summed E-state index contributed by atoms with van der Waals surface area (Å²) < 4.78 is 12.0. The molecular weight excluding hydrogens is 282 g/mol. The van der Waals surface area contributed by atoms with E-state index in [1.165, 1.54) is 17.5 Å². The summed E-state index contributed by atoms with van der Waals surface area (Å²) in [6, 6.07) is 2.09. The van der Waals surface area contributed by atoms with Crippen LogP contribution < -0.4 is 14.8 Å². The molecule has 1 aromatic rings. The van der Waals surface area contributed by atoms with Crippen molar-refractivity contribution in [2.45, 2.75) is 19.8 Å². The van der Waals surface area contributed by atoms with Crippen molar-refractivity contribution in [1.29, 1.82) is 0 Å². The van der Waals surface area contributed by atoms with Crippen molar-refractivity contribution < 1.29 is 9.47 Å². The van der Waals surface area contributed by atoms with Gasteiger partial charge in [0.05, 0.1) is 4.47 Å². The molecule has 17 heavy (non-hydrogen) atoms. The quantitative estimate of drug-likeness (QED) is 0.910. The van der Waals surface area contributed by atoms with Crippen molar-refractivity contribution in [2.75, 3.05) is 19.9 Å². The van der Waals surface area contributed by atoms with Crippen LogP contribution in [0.1, 0.15) is 17.5 Å². The van der Waals surface area contributed by atoms with Gasteiger partial charge in [0.25, 0.3) is 0 Å². The SMILES string of the molecule is Cc1cc2c(c(Br)c1CC1CCNC1)OCO2. The Kier molecular flexibility index (Phi) is 3.01. The Hall–Kier alpha value is -0.740. The van der Waals surface area contributed by atoms with E-state index in [-0.39, 0.29) is 0 Å². The van der Waals surface area contributed by atoms with Crippen molar-refractivity contribution in [3.05, 3.63) is 21.7 Å². The molecule has 0 bridgehead atoms. The van der Waals surface area contributed by atoms with Crippen LogP contribution in [-0.4, -0.2) is 19.9 Å². The molecule has 2 aliphatic heterocycles. The summed E-state index contributed by atoms with van der Waals surface area (Å²) in [5, 5.41) is 3.41. The Morgan fingerprint density at radius 1 is 1.47 bits per heavy atom. The molecule has 0 spiro atoms. The first-order chi connectivity index (χ1) is 8.25. The van der Waals surface area contributed by atoms with Crippen LogP contribution in [0.3, 0.4) is 0 Å². The first kappa shape index (κ1) is 11.4. The van der Waals surface area contributed by atoms with Crippen LogP contribution in [0, 0.1) is 12.8 Å². The zero-order valence-electron chi connectivity index (χ0n) is 9.88. The van der Waals surface area contributed by atoms with Gasteiger partial charge in [-0.1, -0.05) is 0 Å². The number of hydrogen-bond acceptors (Lipinski definition) is 3. The molecule has 0 radical (unpaired) electrons. The number of rotatable bonds is 2. The van der Waals surface area contributed by atoms with Gasteiger partial charge in [0.15, 0.2) is 11.5 Å². The minimum atomic E-state index is 0.335. The number of fused-ring (bicyclic) bond motifs is 1. The molecule has 2 aliphatic rings. The molecule has 0 saturated carbocycles. The average Bonchev–Trinajstić information content (AvgIpc) is 2.94. The summed E-state index contributed by atoms with van der Waals surface area (Å²) in [4.78, 5) is 0. The van der Waals surface area contributed by atoms with E-state index in [0.29, 0.717) is 6.79 Å². The Morgan fingerprint density at radius 2 is 2.35 bits per heavy atom. The van der Waals surface area contributed by atoms with Gasteiger partial charge in [0.2, 0.25) is 6.79 Å². The van der Waals surface area contributed by atoms with Crippen molar-refractivity contribution in [2.24, 2.45) is 5.92 Å². The summed E-state index contributed by atoms with van der Waals surface area (Å²) >= 11 is 3.66. The lowest BCUT2D eigenvalue weighted by atomic mass is 9.95. The van der Waals surface area contributed by atoms with E-state index in [2.05, 4.69) is 34.2 Å². The molecule has 0 aromatic heterocycles. The second-order valence-corrected chi connectivity index (χ2v) is 5.58. The van der Waals surface area contributed by atoms with Gasteiger partial charge in [-0.25, -0.2) is 0 Å². The van der Waals surface area contributed by atoms with E-state index in [4.69, 9.17) is 9.47 Å². The van der Waals surface area contributed by atoms with Gasteiger partial charge in [-0.2, -0.15) is 0 Å². The summed E-state index contributed by atoms with van der Waals surface area (Å²) in [6.45, 7) is 4.75. The van der Waals surface area contributed by atoms with Gasteiger partial charge in [0, 0.05) is 0 Å². The zero-order chi connectivity index (χ0) is 11.8. The van der Waals surface area contributed by atoms with E-state index in [1.807, 2.05) is 0 Å². The fraction of sp³-hybridized carbons (Fsp3) is 0.538. The van der Waals surface area contributed by atoms with Crippen LogP contribution in [0.15, 0.2) is 10.5 Å². The first-order valence-corrected chi connectivity index (χ1v) is 6.83. The molecule has 3 nitrogen and oxygen atoms in total. The van der Waals surface area contributed by atoms with Gasteiger partial charge in [0.1, 0.15) is 0 Å². The molecule has 0 aliphatic carbocycles. The molecular formula is C13H16BrNO2. The number of aryl methyl sites for hydroxylation is 1. The second-order valence-electron chi connectivity index (χ2n) is 4.78. The average molecular weight is 298 g/mol. The molecule has 1 N–H and O–H groups in total. The maximum absolute atomic E-state index is 5.50. The van der Waals surface area contributed by atoms with Crippen molar-refractivity contribution >= 4 is 15.9 Å².